The van der Waals surface area contributed by atoms with Gasteiger partial charge in [-0.3, -0.25) is 0 Å². The van der Waals surface area contributed by atoms with Gasteiger partial charge in [0, 0.05) is 7.11 Å². The van der Waals surface area contributed by atoms with Crippen molar-refractivity contribution in [2.75, 3.05) is 7.11 Å². The van der Waals surface area contributed by atoms with Crippen LogP contribution in [0.3, 0.4) is 0 Å². The van der Waals surface area contributed by atoms with Crippen LogP contribution < -0.4 is 0 Å². The number of hydrogen-bond acceptors (Lipinski definition) is 10. The molecule has 6 N–H and O–H groups in total. The topological polar surface area (TPSA) is 166 Å². The fourth-order valence-corrected chi connectivity index (χ4v) is 2.01. The Morgan fingerprint density at radius 3 is 2.04 bits per heavy atom. The molecule has 1 fully saturated rings. The Hall–Kier alpha value is -2.11. The van der Waals surface area contributed by atoms with Crippen LogP contribution in [-0.4, -0.2) is 74.6 Å². The zero-order chi connectivity index (χ0) is 17.3. The maximum absolute atomic E-state index is 12.0. The van der Waals surface area contributed by atoms with Crippen molar-refractivity contribution in [1.82, 2.24) is 0 Å². The number of aliphatic hydroxyl groups excluding tert-OH is 3. The Labute approximate surface area is 129 Å². The average molecular weight is 332 g/mol. The smallest absolute Gasteiger partial charge is 0.340 e. The van der Waals surface area contributed by atoms with Gasteiger partial charge in [-0.1, -0.05) is 0 Å². The van der Waals surface area contributed by atoms with Crippen molar-refractivity contribution in [3.63, 3.8) is 0 Å². The third kappa shape index (κ3) is 3.30. The van der Waals surface area contributed by atoms with Crippen LogP contribution in [0.1, 0.15) is 10.4 Å². The second kappa shape index (κ2) is 6.56. The first-order valence-electron chi connectivity index (χ1n) is 6.44. The molecule has 23 heavy (non-hydrogen) atoms. The van der Waals surface area contributed by atoms with E-state index in [0.29, 0.717) is 0 Å². The van der Waals surface area contributed by atoms with E-state index in [1.165, 1.54) is 7.11 Å². The summed E-state index contributed by atoms with van der Waals surface area (Å²) in [5.74, 6) is -3.45. The molecule has 0 amide bonds. The Balaban J connectivity index is 2.16. The third-order valence-corrected chi connectivity index (χ3v) is 3.29. The van der Waals surface area contributed by atoms with Crippen LogP contribution in [0.15, 0.2) is 12.1 Å². The van der Waals surface area contributed by atoms with Gasteiger partial charge in [0.1, 0.15) is 18.3 Å². The summed E-state index contributed by atoms with van der Waals surface area (Å²) < 4.78 is 14.6. The summed E-state index contributed by atoms with van der Waals surface area (Å²) in [6, 6.07) is 1.65. The molecule has 1 aromatic carbocycles. The summed E-state index contributed by atoms with van der Waals surface area (Å²) in [7, 11) is 1.17. The molecule has 1 aliphatic heterocycles. The van der Waals surface area contributed by atoms with Crippen LogP contribution in [0, 0.1) is 0 Å². The Kier molecular flexibility index (Phi) is 4.92. The zero-order valence-electron chi connectivity index (χ0n) is 11.9. The van der Waals surface area contributed by atoms with Gasteiger partial charge < -0.3 is 44.8 Å². The number of benzene rings is 1. The van der Waals surface area contributed by atoms with Crippen LogP contribution in [0.2, 0.25) is 0 Å². The Morgan fingerprint density at radius 1 is 1.00 bits per heavy atom. The van der Waals surface area contributed by atoms with Crippen molar-refractivity contribution in [1.29, 1.82) is 0 Å². The lowest BCUT2D eigenvalue weighted by atomic mass is 10.0. The molecule has 10 heteroatoms. The first kappa shape index (κ1) is 17.2. The molecule has 1 heterocycles. The highest BCUT2D eigenvalue weighted by Gasteiger charge is 2.46. The molecule has 5 atom stereocenters. The molecule has 2 rings (SSSR count). The molecule has 10 nitrogen and oxygen atoms in total. The van der Waals surface area contributed by atoms with Gasteiger partial charge in [0.15, 0.2) is 23.5 Å². The highest BCUT2D eigenvalue weighted by Crippen LogP contribution is 2.35. The second-order valence-electron chi connectivity index (χ2n) is 4.85. The summed E-state index contributed by atoms with van der Waals surface area (Å²) in [4.78, 5) is 12.0. The van der Waals surface area contributed by atoms with E-state index in [0.717, 1.165) is 12.1 Å². The number of methoxy groups -OCH3 is 1. The quantitative estimate of drug-likeness (QED) is 0.279. The fraction of sp³-hybridized carbons (Fsp3) is 0.462. The van der Waals surface area contributed by atoms with Gasteiger partial charge in [0.2, 0.25) is 6.29 Å². The fourth-order valence-electron chi connectivity index (χ4n) is 2.01. The minimum absolute atomic E-state index is 0.344. The SMILES string of the molecule is CO[C@@H]1O[C@@H](OC(=O)c2cc(O)c(O)c(O)c2)[C@H](O)[C@@H](O)[C@@H]1O. The van der Waals surface area contributed by atoms with Crippen molar-refractivity contribution in [3.05, 3.63) is 17.7 Å². The number of carbonyl (C=O) groups is 1. The Morgan fingerprint density at radius 2 is 1.52 bits per heavy atom. The number of aromatic hydroxyl groups is 3. The highest BCUT2D eigenvalue weighted by molar-refractivity contribution is 5.91. The predicted octanol–water partition coefficient (Wildman–Crippen LogP) is -1.63. The minimum atomic E-state index is -1.75. The van der Waals surface area contributed by atoms with E-state index in [4.69, 9.17) is 14.2 Å². The number of rotatable bonds is 3. The maximum atomic E-state index is 12.0. The number of ether oxygens (including phenoxy) is 3. The van der Waals surface area contributed by atoms with Crippen LogP contribution in [0.4, 0.5) is 0 Å². The average Bonchev–Trinajstić information content (AvgIpc) is 2.52. The summed E-state index contributed by atoms with van der Waals surface area (Å²) in [6.45, 7) is 0. The number of phenolic OH excluding ortho intramolecular Hbond substituents is 3. The van der Waals surface area contributed by atoms with E-state index in [1.807, 2.05) is 0 Å². The third-order valence-electron chi connectivity index (χ3n) is 3.29. The van der Waals surface area contributed by atoms with E-state index < -0.39 is 54.1 Å². The molecule has 1 aliphatic rings. The van der Waals surface area contributed by atoms with E-state index >= 15 is 0 Å². The van der Waals surface area contributed by atoms with Crippen LogP contribution in [0.5, 0.6) is 17.2 Å². The molecule has 0 spiro atoms. The molecule has 128 valence electrons. The molecule has 0 aromatic heterocycles. The number of phenols is 3. The molecule has 0 aliphatic carbocycles. The molecule has 0 unspecified atom stereocenters. The summed E-state index contributed by atoms with van der Waals surface area (Å²) in [6.07, 6.45) is -7.99. The van der Waals surface area contributed by atoms with Gasteiger partial charge in [0.25, 0.3) is 0 Å². The molecule has 0 bridgehead atoms. The van der Waals surface area contributed by atoms with Gasteiger partial charge in [-0.2, -0.15) is 0 Å². The van der Waals surface area contributed by atoms with Crippen molar-refractivity contribution >= 4 is 5.97 Å². The van der Waals surface area contributed by atoms with Crippen molar-refractivity contribution in [2.24, 2.45) is 0 Å². The summed E-state index contributed by atoms with van der Waals surface area (Å²) >= 11 is 0. The van der Waals surface area contributed by atoms with Crippen LogP contribution in [0.25, 0.3) is 0 Å². The summed E-state index contributed by atoms with van der Waals surface area (Å²) in [5.41, 5.74) is -0.344. The number of esters is 1. The standard InChI is InChI=1S/C13H16O10/c1-21-12-9(18)8(17)10(19)13(23-12)22-11(20)4-2-5(14)7(16)6(15)3-4/h2-3,8-10,12-19H,1H3/t8-,9-,10+,12+,13+/m0/s1. The number of hydrogen-bond donors (Lipinski definition) is 6. The number of aliphatic hydroxyl groups is 3. The van der Waals surface area contributed by atoms with E-state index in [2.05, 4.69) is 0 Å². The van der Waals surface area contributed by atoms with Crippen LogP contribution >= 0.6 is 0 Å². The predicted molar refractivity (Wildman–Crippen MR) is 70.5 cm³/mol. The van der Waals surface area contributed by atoms with Crippen molar-refractivity contribution in [2.45, 2.75) is 30.9 Å². The maximum Gasteiger partial charge on any atom is 0.340 e. The lowest BCUT2D eigenvalue weighted by Crippen LogP contribution is -2.59. The zero-order valence-corrected chi connectivity index (χ0v) is 11.9. The van der Waals surface area contributed by atoms with Gasteiger partial charge >= 0.3 is 5.97 Å². The van der Waals surface area contributed by atoms with Gasteiger partial charge in [0.05, 0.1) is 5.56 Å². The van der Waals surface area contributed by atoms with E-state index in [9.17, 15) is 35.4 Å². The highest BCUT2D eigenvalue weighted by atomic mass is 16.8. The molecule has 1 saturated heterocycles. The van der Waals surface area contributed by atoms with Crippen LogP contribution in [-0.2, 0) is 14.2 Å². The van der Waals surface area contributed by atoms with Crippen molar-refractivity contribution in [3.8, 4) is 17.2 Å². The normalized spacial score (nSPS) is 30.9. The largest absolute Gasteiger partial charge is 0.504 e. The monoisotopic (exact) mass is 332 g/mol. The van der Waals surface area contributed by atoms with E-state index in [1.54, 1.807) is 0 Å². The summed E-state index contributed by atoms with van der Waals surface area (Å²) in [5, 5.41) is 56.9. The molecule has 0 saturated carbocycles. The molecule has 1 aromatic rings. The van der Waals surface area contributed by atoms with E-state index in [-0.39, 0.29) is 5.56 Å². The van der Waals surface area contributed by atoms with Gasteiger partial charge in [-0.25, -0.2) is 4.79 Å². The lowest BCUT2D eigenvalue weighted by Gasteiger charge is -2.38. The van der Waals surface area contributed by atoms with Gasteiger partial charge in [-0.05, 0) is 12.1 Å². The first-order chi connectivity index (χ1) is 10.8. The van der Waals surface area contributed by atoms with Crippen molar-refractivity contribution < 1.29 is 49.6 Å². The molecular weight excluding hydrogens is 316 g/mol. The Bertz CT molecular complexity index is 563. The minimum Gasteiger partial charge on any atom is -0.504 e. The molecular formula is C13H16O10. The molecule has 0 radical (unpaired) electrons. The second-order valence-corrected chi connectivity index (χ2v) is 4.85. The first-order valence-corrected chi connectivity index (χ1v) is 6.44. The lowest BCUT2D eigenvalue weighted by molar-refractivity contribution is -0.333. The van der Waals surface area contributed by atoms with Gasteiger partial charge in [-0.15, -0.1) is 0 Å². The number of carbonyl (C=O) groups excluding carboxylic acids is 1.